The van der Waals surface area contributed by atoms with Gasteiger partial charge in [0.05, 0.1) is 17.6 Å². The van der Waals surface area contributed by atoms with Gasteiger partial charge in [0.15, 0.2) is 0 Å². The maximum Gasteiger partial charge on any atom is 0.241 e. The molecule has 0 fully saturated rings. The van der Waals surface area contributed by atoms with Crippen molar-refractivity contribution < 1.29 is 9.53 Å². The lowest BCUT2D eigenvalue weighted by Crippen LogP contribution is -2.36. The van der Waals surface area contributed by atoms with Crippen molar-refractivity contribution in [2.75, 3.05) is 12.4 Å². The molecule has 0 aromatic heterocycles. The first-order valence-corrected chi connectivity index (χ1v) is 6.63. The maximum absolute atomic E-state index is 11.8. The number of nitrogens with one attached hydrogen (secondary N) is 1. The average Bonchev–Trinajstić information content (AvgIpc) is 2.30. The fraction of sp³-hybridized carbons (Fsp3) is 0.462. The van der Waals surface area contributed by atoms with Gasteiger partial charge in [0.1, 0.15) is 5.75 Å². The lowest BCUT2D eigenvalue weighted by atomic mass is 10.0. The quantitative estimate of drug-likeness (QED) is 0.878. The topological polar surface area (TPSA) is 64.3 Å². The van der Waals surface area contributed by atoms with E-state index in [1.807, 2.05) is 19.9 Å². The Morgan fingerprint density at radius 3 is 2.72 bits per heavy atom. The van der Waals surface area contributed by atoms with E-state index in [1.165, 1.54) is 0 Å². The van der Waals surface area contributed by atoms with Gasteiger partial charge in [-0.25, -0.2) is 0 Å². The second-order valence-corrected chi connectivity index (χ2v) is 5.43. The first kappa shape index (κ1) is 15.0. The summed E-state index contributed by atoms with van der Waals surface area (Å²) in [7, 11) is 1.58. The molecule has 18 heavy (non-hydrogen) atoms. The smallest absolute Gasteiger partial charge is 0.241 e. The van der Waals surface area contributed by atoms with Crippen molar-refractivity contribution in [3.8, 4) is 5.75 Å². The third-order valence-electron chi connectivity index (χ3n) is 2.48. The number of carbonyl (C=O) groups excluding carboxylic acids is 1. The molecule has 0 heterocycles. The number of ether oxygens (including phenoxy) is 1. The number of nitrogens with two attached hydrogens (primary N) is 1. The Balaban J connectivity index is 2.70. The third-order valence-corrected chi connectivity index (χ3v) is 3.14. The van der Waals surface area contributed by atoms with Gasteiger partial charge in [0.2, 0.25) is 5.91 Å². The molecule has 3 N–H and O–H groups in total. The molecule has 1 rings (SSSR count). The highest BCUT2D eigenvalue weighted by molar-refractivity contribution is 9.10. The standard InChI is InChI=1S/C13H19BrN2O2/c1-8(2)6-11(15)13(17)16-9-4-5-10(14)12(7-9)18-3/h4-5,7-8,11H,6,15H2,1-3H3,(H,16,17). The van der Waals surface area contributed by atoms with Crippen molar-refractivity contribution in [1.29, 1.82) is 0 Å². The highest BCUT2D eigenvalue weighted by atomic mass is 79.9. The van der Waals surface area contributed by atoms with Gasteiger partial charge in [0.25, 0.3) is 0 Å². The first-order chi connectivity index (χ1) is 8.43. The van der Waals surface area contributed by atoms with Crippen LogP contribution in [0.5, 0.6) is 5.75 Å². The van der Waals surface area contributed by atoms with Crippen LogP contribution < -0.4 is 15.8 Å². The van der Waals surface area contributed by atoms with Crippen LogP contribution in [0.3, 0.4) is 0 Å². The van der Waals surface area contributed by atoms with Gasteiger partial charge in [-0.1, -0.05) is 13.8 Å². The van der Waals surface area contributed by atoms with Gasteiger partial charge in [-0.15, -0.1) is 0 Å². The molecular formula is C13H19BrN2O2. The number of anilines is 1. The highest BCUT2D eigenvalue weighted by Gasteiger charge is 2.15. The van der Waals surface area contributed by atoms with Crippen LogP contribution in [0.2, 0.25) is 0 Å². The summed E-state index contributed by atoms with van der Waals surface area (Å²) in [6.07, 6.45) is 0.666. The van der Waals surface area contributed by atoms with Crippen LogP contribution in [-0.2, 0) is 4.79 Å². The molecule has 0 radical (unpaired) electrons. The van der Waals surface area contributed by atoms with Crippen LogP contribution in [0.1, 0.15) is 20.3 Å². The van der Waals surface area contributed by atoms with E-state index < -0.39 is 6.04 Å². The molecule has 0 bridgehead atoms. The highest BCUT2D eigenvalue weighted by Crippen LogP contribution is 2.27. The minimum Gasteiger partial charge on any atom is -0.495 e. The summed E-state index contributed by atoms with van der Waals surface area (Å²) in [6, 6.07) is 4.89. The summed E-state index contributed by atoms with van der Waals surface area (Å²) in [6.45, 7) is 4.07. The molecule has 0 saturated heterocycles. The van der Waals surface area contributed by atoms with Gasteiger partial charge in [-0.05, 0) is 40.4 Å². The van der Waals surface area contributed by atoms with E-state index in [-0.39, 0.29) is 5.91 Å². The molecular weight excluding hydrogens is 296 g/mol. The van der Waals surface area contributed by atoms with E-state index in [0.717, 1.165) is 4.47 Å². The molecule has 1 amide bonds. The molecule has 5 heteroatoms. The number of benzene rings is 1. The maximum atomic E-state index is 11.8. The molecule has 0 aliphatic carbocycles. The predicted molar refractivity (Wildman–Crippen MR) is 76.8 cm³/mol. The summed E-state index contributed by atoms with van der Waals surface area (Å²) >= 11 is 3.36. The van der Waals surface area contributed by atoms with Gasteiger partial charge < -0.3 is 15.8 Å². The second kappa shape index (κ2) is 6.75. The van der Waals surface area contributed by atoms with Crippen molar-refractivity contribution in [2.45, 2.75) is 26.3 Å². The van der Waals surface area contributed by atoms with Gasteiger partial charge in [-0.3, -0.25) is 4.79 Å². The number of carbonyl (C=O) groups is 1. The number of hydrogen-bond donors (Lipinski definition) is 2. The molecule has 0 aliphatic rings. The van der Waals surface area contributed by atoms with E-state index in [0.29, 0.717) is 23.8 Å². The van der Waals surface area contributed by atoms with Gasteiger partial charge in [0, 0.05) is 11.8 Å². The van der Waals surface area contributed by atoms with E-state index in [2.05, 4.69) is 21.2 Å². The number of rotatable bonds is 5. The van der Waals surface area contributed by atoms with Crippen molar-refractivity contribution in [3.05, 3.63) is 22.7 Å². The second-order valence-electron chi connectivity index (χ2n) is 4.57. The number of halogens is 1. The molecule has 1 unspecified atom stereocenters. The van der Waals surface area contributed by atoms with Crippen LogP contribution in [-0.4, -0.2) is 19.1 Å². The zero-order valence-electron chi connectivity index (χ0n) is 10.9. The van der Waals surface area contributed by atoms with Crippen molar-refractivity contribution >= 4 is 27.5 Å². The van der Waals surface area contributed by atoms with E-state index >= 15 is 0 Å². The average molecular weight is 315 g/mol. The molecule has 4 nitrogen and oxygen atoms in total. The summed E-state index contributed by atoms with van der Waals surface area (Å²) in [4.78, 5) is 11.8. The minimum absolute atomic E-state index is 0.173. The number of hydrogen-bond acceptors (Lipinski definition) is 3. The first-order valence-electron chi connectivity index (χ1n) is 5.84. The van der Waals surface area contributed by atoms with E-state index in [4.69, 9.17) is 10.5 Å². The molecule has 1 atom stereocenters. The van der Waals surface area contributed by atoms with Crippen LogP contribution in [0, 0.1) is 5.92 Å². The molecule has 1 aromatic carbocycles. The lowest BCUT2D eigenvalue weighted by molar-refractivity contribution is -0.117. The van der Waals surface area contributed by atoms with Crippen LogP contribution >= 0.6 is 15.9 Å². The molecule has 0 aliphatic heterocycles. The van der Waals surface area contributed by atoms with Gasteiger partial charge >= 0.3 is 0 Å². The molecule has 0 saturated carbocycles. The largest absolute Gasteiger partial charge is 0.495 e. The van der Waals surface area contributed by atoms with Gasteiger partial charge in [-0.2, -0.15) is 0 Å². The van der Waals surface area contributed by atoms with Crippen molar-refractivity contribution in [3.63, 3.8) is 0 Å². The Kier molecular flexibility index (Phi) is 5.62. The predicted octanol–water partition coefficient (Wildman–Crippen LogP) is 2.77. The summed E-state index contributed by atoms with van der Waals surface area (Å²) in [5, 5.41) is 2.78. The van der Waals surface area contributed by atoms with Crippen LogP contribution in [0.15, 0.2) is 22.7 Å². The summed E-state index contributed by atoms with van der Waals surface area (Å²) < 4.78 is 6.00. The zero-order valence-corrected chi connectivity index (χ0v) is 12.5. The van der Waals surface area contributed by atoms with E-state index in [1.54, 1.807) is 19.2 Å². The van der Waals surface area contributed by atoms with Crippen molar-refractivity contribution in [1.82, 2.24) is 0 Å². The van der Waals surface area contributed by atoms with Crippen LogP contribution in [0.25, 0.3) is 0 Å². The Bertz CT molecular complexity index is 421. The molecule has 100 valence electrons. The normalized spacial score (nSPS) is 12.3. The van der Waals surface area contributed by atoms with Crippen molar-refractivity contribution in [2.24, 2.45) is 11.7 Å². The fourth-order valence-electron chi connectivity index (χ4n) is 1.59. The monoisotopic (exact) mass is 314 g/mol. The lowest BCUT2D eigenvalue weighted by Gasteiger charge is -2.14. The Morgan fingerprint density at radius 2 is 2.17 bits per heavy atom. The van der Waals surface area contributed by atoms with Crippen LogP contribution in [0.4, 0.5) is 5.69 Å². The zero-order chi connectivity index (χ0) is 13.7. The fourth-order valence-corrected chi connectivity index (χ4v) is 2.00. The third kappa shape index (κ3) is 4.31. The summed E-state index contributed by atoms with van der Waals surface area (Å²) in [5.41, 5.74) is 6.49. The number of methoxy groups -OCH3 is 1. The SMILES string of the molecule is COc1cc(NC(=O)C(N)CC(C)C)ccc1Br. The minimum atomic E-state index is -0.486. The molecule has 1 aromatic rings. The Labute approximate surface area is 116 Å². The van der Waals surface area contributed by atoms with E-state index in [9.17, 15) is 4.79 Å². The number of amides is 1. The Morgan fingerprint density at radius 1 is 1.50 bits per heavy atom. The molecule has 0 spiro atoms. The summed E-state index contributed by atoms with van der Waals surface area (Å²) in [5.74, 6) is 0.892. The Hall–Kier alpha value is -1.07.